The molecule has 1 amide bonds. The minimum Gasteiger partial charge on any atom is -0.336 e. The molecule has 6 heteroatoms. The number of carbonyl (C=O) groups is 1. The summed E-state index contributed by atoms with van der Waals surface area (Å²) in [5.41, 5.74) is 3.17. The molecule has 1 aliphatic heterocycles. The van der Waals surface area contributed by atoms with Gasteiger partial charge in [0.1, 0.15) is 5.56 Å². The number of amides is 1. The average Bonchev–Trinajstić information content (AvgIpc) is 2.63. The molecule has 1 heterocycles. The van der Waals surface area contributed by atoms with Gasteiger partial charge in [-0.3, -0.25) is 19.8 Å². The lowest BCUT2D eigenvalue weighted by Crippen LogP contribution is -2.48. The Morgan fingerprint density at radius 3 is 2.31 bits per heavy atom. The average molecular weight is 353 g/mol. The standard InChI is InChI=1S/C20H23N3O3/c1-15-6-3-4-8-17(15)14-21-10-12-22(13-11-21)20(24)18-9-5-7-16(2)19(18)23(25)26/h3-9H,10-14H2,1-2H3. The Balaban J connectivity index is 1.67. The second-order valence-corrected chi connectivity index (χ2v) is 6.72. The zero-order valence-corrected chi connectivity index (χ0v) is 15.1. The SMILES string of the molecule is Cc1ccccc1CN1CCN(C(=O)c2cccc(C)c2[N+](=O)[O-])CC1. The van der Waals surface area contributed by atoms with Crippen LogP contribution in [-0.2, 0) is 6.54 Å². The highest BCUT2D eigenvalue weighted by molar-refractivity contribution is 5.98. The predicted octanol–water partition coefficient (Wildman–Crippen LogP) is 3.17. The van der Waals surface area contributed by atoms with Crippen LogP contribution in [0.5, 0.6) is 0 Å². The van der Waals surface area contributed by atoms with Crippen molar-refractivity contribution in [2.75, 3.05) is 26.2 Å². The third kappa shape index (κ3) is 3.75. The number of hydrogen-bond donors (Lipinski definition) is 0. The monoisotopic (exact) mass is 353 g/mol. The molecule has 2 aromatic rings. The van der Waals surface area contributed by atoms with Crippen molar-refractivity contribution in [1.82, 2.24) is 9.80 Å². The van der Waals surface area contributed by atoms with Gasteiger partial charge in [-0.15, -0.1) is 0 Å². The van der Waals surface area contributed by atoms with E-state index in [1.807, 2.05) is 12.1 Å². The quantitative estimate of drug-likeness (QED) is 0.625. The predicted molar refractivity (Wildman–Crippen MR) is 100 cm³/mol. The Labute approximate surface area is 153 Å². The molecule has 3 rings (SSSR count). The van der Waals surface area contributed by atoms with Crippen molar-refractivity contribution in [1.29, 1.82) is 0 Å². The molecule has 1 saturated heterocycles. The molecular weight excluding hydrogens is 330 g/mol. The van der Waals surface area contributed by atoms with Gasteiger partial charge in [-0.1, -0.05) is 36.4 Å². The Hall–Kier alpha value is -2.73. The van der Waals surface area contributed by atoms with E-state index < -0.39 is 4.92 Å². The molecule has 0 saturated carbocycles. The van der Waals surface area contributed by atoms with Crippen molar-refractivity contribution in [3.63, 3.8) is 0 Å². The number of benzene rings is 2. The van der Waals surface area contributed by atoms with Gasteiger partial charge in [0.2, 0.25) is 0 Å². The van der Waals surface area contributed by atoms with Gasteiger partial charge in [0, 0.05) is 38.3 Å². The van der Waals surface area contributed by atoms with Crippen molar-refractivity contribution in [2.45, 2.75) is 20.4 Å². The number of carbonyl (C=O) groups excluding carboxylic acids is 1. The van der Waals surface area contributed by atoms with Crippen LogP contribution in [0, 0.1) is 24.0 Å². The van der Waals surface area contributed by atoms with E-state index in [4.69, 9.17) is 0 Å². The highest BCUT2D eigenvalue weighted by Crippen LogP contribution is 2.25. The number of nitro benzene ring substituents is 1. The van der Waals surface area contributed by atoms with Crippen LogP contribution in [-0.4, -0.2) is 46.8 Å². The number of nitrogens with zero attached hydrogens (tertiary/aromatic N) is 3. The molecule has 0 aromatic heterocycles. The van der Waals surface area contributed by atoms with Gasteiger partial charge >= 0.3 is 0 Å². The van der Waals surface area contributed by atoms with Crippen molar-refractivity contribution in [3.8, 4) is 0 Å². The topological polar surface area (TPSA) is 66.7 Å². The van der Waals surface area contributed by atoms with Crippen molar-refractivity contribution in [3.05, 3.63) is 74.8 Å². The summed E-state index contributed by atoms with van der Waals surface area (Å²) in [6, 6.07) is 13.2. The lowest BCUT2D eigenvalue weighted by Gasteiger charge is -2.35. The molecule has 26 heavy (non-hydrogen) atoms. The molecule has 0 unspecified atom stereocenters. The molecule has 0 radical (unpaired) electrons. The fraction of sp³-hybridized carbons (Fsp3) is 0.350. The zero-order valence-electron chi connectivity index (χ0n) is 15.1. The van der Waals surface area contributed by atoms with Crippen molar-refractivity contribution in [2.24, 2.45) is 0 Å². The molecule has 0 aliphatic carbocycles. The van der Waals surface area contributed by atoms with E-state index >= 15 is 0 Å². The van der Waals surface area contributed by atoms with Gasteiger partial charge in [0.15, 0.2) is 0 Å². The fourth-order valence-electron chi connectivity index (χ4n) is 3.38. The maximum Gasteiger partial charge on any atom is 0.285 e. The van der Waals surface area contributed by atoms with Gasteiger partial charge in [-0.2, -0.15) is 0 Å². The third-order valence-corrected chi connectivity index (χ3v) is 4.97. The molecule has 0 N–H and O–H groups in total. The van der Waals surface area contributed by atoms with E-state index in [1.165, 1.54) is 11.1 Å². The summed E-state index contributed by atoms with van der Waals surface area (Å²) in [6.45, 7) is 7.31. The largest absolute Gasteiger partial charge is 0.336 e. The maximum atomic E-state index is 12.8. The Morgan fingerprint density at radius 1 is 1.00 bits per heavy atom. The van der Waals surface area contributed by atoms with E-state index in [-0.39, 0.29) is 17.2 Å². The van der Waals surface area contributed by atoms with E-state index in [0.717, 1.165) is 19.6 Å². The number of rotatable bonds is 4. The van der Waals surface area contributed by atoms with Crippen molar-refractivity contribution >= 4 is 11.6 Å². The summed E-state index contributed by atoms with van der Waals surface area (Å²) >= 11 is 0. The van der Waals surface area contributed by atoms with Crippen LogP contribution < -0.4 is 0 Å². The normalized spacial score (nSPS) is 15.1. The highest BCUT2D eigenvalue weighted by Gasteiger charge is 2.28. The summed E-state index contributed by atoms with van der Waals surface area (Å²) in [5.74, 6) is -0.254. The van der Waals surface area contributed by atoms with Gasteiger partial charge < -0.3 is 4.90 Å². The first-order valence-electron chi connectivity index (χ1n) is 8.77. The van der Waals surface area contributed by atoms with Crippen LogP contribution in [0.3, 0.4) is 0 Å². The first-order valence-corrected chi connectivity index (χ1v) is 8.77. The van der Waals surface area contributed by atoms with Crippen LogP contribution in [0.15, 0.2) is 42.5 Å². The zero-order chi connectivity index (χ0) is 18.7. The molecule has 6 nitrogen and oxygen atoms in total. The summed E-state index contributed by atoms with van der Waals surface area (Å²) < 4.78 is 0. The van der Waals surface area contributed by atoms with Crippen LogP contribution in [0.2, 0.25) is 0 Å². The Kier molecular flexibility index (Phi) is 5.32. The molecular formula is C20H23N3O3. The molecule has 0 spiro atoms. The first kappa shape index (κ1) is 18.1. The van der Waals surface area contributed by atoms with Crippen LogP contribution >= 0.6 is 0 Å². The Bertz CT molecular complexity index is 827. The molecule has 1 fully saturated rings. The number of piperazine rings is 1. The fourth-order valence-corrected chi connectivity index (χ4v) is 3.38. The van der Waals surface area contributed by atoms with E-state index in [2.05, 4.69) is 24.0 Å². The van der Waals surface area contributed by atoms with E-state index in [1.54, 1.807) is 30.0 Å². The number of aryl methyl sites for hydroxylation is 2. The van der Waals surface area contributed by atoms with Crippen LogP contribution in [0.1, 0.15) is 27.0 Å². The summed E-state index contributed by atoms with van der Waals surface area (Å²) in [4.78, 5) is 27.7. The van der Waals surface area contributed by atoms with Crippen LogP contribution in [0.25, 0.3) is 0 Å². The minimum atomic E-state index is -0.461. The molecule has 136 valence electrons. The second-order valence-electron chi connectivity index (χ2n) is 6.72. The number of hydrogen-bond acceptors (Lipinski definition) is 4. The summed E-state index contributed by atoms with van der Waals surface area (Å²) in [7, 11) is 0. The highest BCUT2D eigenvalue weighted by atomic mass is 16.6. The summed E-state index contributed by atoms with van der Waals surface area (Å²) in [5, 5.41) is 11.3. The van der Waals surface area contributed by atoms with Crippen molar-refractivity contribution < 1.29 is 9.72 Å². The second kappa shape index (κ2) is 7.66. The lowest BCUT2D eigenvalue weighted by molar-refractivity contribution is -0.385. The lowest BCUT2D eigenvalue weighted by atomic mass is 10.1. The minimum absolute atomic E-state index is 0.0835. The molecule has 0 bridgehead atoms. The van der Waals surface area contributed by atoms with Gasteiger partial charge in [-0.25, -0.2) is 0 Å². The summed E-state index contributed by atoms with van der Waals surface area (Å²) in [6.07, 6.45) is 0. The van der Waals surface area contributed by atoms with E-state index in [9.17, 15) is 14.9 Å². The first-order chi connectivity index (χ1) is 12.5. The Morgan fingerprint density at radius 2 is 1.65 bits per heavy atom. The third-order valence-electron chi connectivity index (χ3n) is 4.97. The maximum absolute atomic E-state index is 12.8. The van der Waals surface area contributed by atoms with Gasteiger partial charge in [0.05, 0.1) is 4.92 Å². The van der Waals surface area contributed by atoms with Gasteiger partial charge in [0.25, 0.3) is 11.6 Å². The smallest absolute Gasteiger partial charge is 0.285 e. The molecule has 0 atom stereocenters. The molecule has 1 aliphatic rings. The van der Waals surface area contributed by atoms with Crippen LogP contribution in [0.4, 0.5) is 5.69 Å². The molecule has 2 aromatic carbocycles. The van der Waals surface area contributed by atoms with E-state index in [0.29, 0.717) is 18.7 Å². The number of para-hydroxylation sites is 1. The van der Waals surface area contributed by atoms with Gasteiger partial charge in [-0.05, 0) is 31.0 Å². The number of nitro groups is 1.